The van der Waals surface area contributed by atoms with Crippen LogP contribution in [0, 0.1) is 0 Å². The predicted molar refractivity (Wildman–Crippen MR) is 79.9 cm³/mol. The summed E-state index contributed by atoms with van der Waals surface area (Å²) in [5, 5.41) is 9.82. The smallest absolute Gasteiger partial charge is 0.269 e. The molecule has 0 aliphatic heterocycles. The first-order chi connectivity index (χ1) is 9.63. The van der Waals surface area contributed by atoms with Gasteiger partial charge in [0, 0.05) is 0 Å². The number of nitrogens with zero attached hydrogens (tertiary/aromatic N) is 1. The van der Waals surface area contributed by atoms with Crippen LogP contribution in [0.15, 0.2) is 39.6 Å². The zero-order chi connectivity index (χ0) is 14.2. The van der Waals surface area contributed by atoms with Crippen molar-refractivity contribution in [2.24, 2.45) is 0 Å². The fourth-order valence-corrected chi connectivity index (χ4v) is 3.26. The lowest BCUT2D eigenvalue weighted by atomic mass is 9.78. The van der Waals surface area contributed by atoms with Crippen LogP contribution >= 0.6 is 15.9 Å². The fraction of sp³-hybridized carbons (Fsp3) is 0.333. The molecule has 3 rings (SSSR count). The number of halogens is 1. The van der Waals surface area contributed by atoms with Crippen molar-refractivity contribution >= 4 is 15.9 Å². The first kappa shape index (κ1) is 13.4. The van der Waals surface area contributed by atoms with Gasteiger partial charge < -0.3 is 10.1 Å². The number of hydrogen-bond acceptors (Lipinski definition) is 3. The molecule has 0 atom stereocenters. The Morgan fingerprint density at radius 1 is 1.20 bits per heavy atom. The molecule has 0 saturated heterocycles. The van der Waals surface area contributed by atoms with Crippen LogP contribution in [0.5, 0.6) is 5.88 Å². The van der Waals surface area contributed by atoms with Gasteiger partial charge in [-0.25, -0.2) is 0 Å². The molecule has 1 aromatic heterocycles. The fourth-order valence-electron chi connectivity index (χ4n) is 3.07. The van der Waals surface area contributed by atoms with E-state index in [1.54, 1.807) is 0 Å². The summed E-state index contributed by atoms with van der Waals surface area (Å²) in [4.78, 5) is 18.9. The summed E-state index contributed by atoms with van der Waals surface area (Å²) >= 11 is 3.04. The Balaban J connectivity index is 2.20. The normalized spacial score (nSPS) is 17.2. The quantitative estimate of drug-likeness (QED) is 0.886. The van der Waals surface area contributed by atoms with E-state index in [9.17, 15) is 9.90 Å². The van der Waals surface area contributed by atoms with E-state index in [0.29, 0.717) is 5.82 Å². The van der Waals surface area contributed by atoms with Gasteiger partial charge in [-0.1, -0.05) is 43.2 Å². The Morgan fingerprint density at radius 3 is 2.45 bits per heavy atom. The number of nitrogens with one attached hydrogen (secondary N) is 1. The molecule has 1 saturated carbocycles. The maximum atomic E-state index is 11.9. The van der Waals surface area contributed by atoms with Crippen LogP contribution in [0.1, 0.15) is 37.1 Å². The van der Waals surface area contributed by atoms with Gasteiger partial charge in [0.05, 0.1) is 5.41 Å². The van der Waals surface area contributed by atoms with E-state index in [0.717, 1.165) is 31.2 Å². The third-order valence-electron chi connectivity index (χ3n) is 4.08. The van der Waals surface area contributed by atoms with E-state index >= 15 is 0 Å². The zero-order valence-corrected chi connectivity index (χ0v) is 12.5. The average molecular weight is 335 g/mol. The van der Waals surface area contributed by atoms with E-state index in [2.05, 4.69) is 38.0 Å². The lowest BCUT2D eigenvalue weighted by Crippen LogP contribution is -2.29. The van der Waals surface area contributed by atoms with Crippen LogP contribution in [0.2, 0.25) is 0 Å². The molecule has 2 aromatic rings. The molecular weight excluding hydrogens is 320 g/mol. The Kier molecular flexibility index (Phi) is 3.38. The van der Waals surface area contributed by atoms with E-state index in [4.69, 9.17) is 0 Å². The number of aromatic nitrogens is 2. The molecular formula is C15H15BrN2O2. The summed E-state index contributed by atoms with van der Waals surface area (Å²) in [6.07, 6.45) is 4.05. The van der Waals surface area contributed by atoms with Crippen LogP contribution < -0.4 is 5.56 Å². The molecule has 1 aliphatic carbocycles. The Labute approximate surface area is 125 Å². The highest BCUT2D eigenvalue weighted by Crippen LogP contribution is 2.45. The van der Waals surface area contributed by atoms with Gasteiger partial charge in [0.25, 0.3) is 5.56 Å². The highest BCUT2D eigenvalue weighted by molar-refractivity contribution is 9.10. The van der Waals surface area contributed by atoms with Crippen LogP contribution in [0.4, 0.5) is 0 Å². The summed E-state index contributed by atoms with van der Waals surface area (Å²) in [6, 6.07) is 10.1. The van der Waals surface area contributed by atoms with Crippen molar-refractivity contribution in [2.45, 2.75) is 31.1 Å². The number of benzene rings is 1. The lowest BCUT2D eigenvalue weighted by molar-refractivity contribution is 0.424. The lowest BCUT2D eigenvalue weighted by Gasteiger charge is -2.28. The molecule has 1 aliphatic rings. The summed E-state index contributed by atoms with van der Waals surface area (Å²) in [7, 11) is 0. The Bertz CT molecular complexity index is 676. The molecule has 2 N–H and O–H groups in total. The van der Waals surface area contributed by atoms with E-state index < -0.39 is 0 Å². The number of hydrogen-bond donors (Lipinski definition) is 2. The van der Waals surface area contributed by atoms with Crippen molar-refractivity contribution in [3.63, 3.8) is 0 Å². The predicted octanol–water partition coefficient (Wildman–Crippen LogP) is 3.10. The van der Waals surface area contributed by atoms with Crippen molar-refractivity contribution < 1.29 is 5.11 Å². The minimum absolute atomic E-state index is 0.0856. The number of rotatable bonds is 2. The van der Waals surface area contributed by atoms with E-state index in [-0.39, 0.29) is 21.3 Å². The highest BCUT2D eigenvalue weighted by atomic mass is 79.9. The molecule has 0 spiro atoms. The van der Waals surface area contributed by atoms with Gasteiger partial charge in [-0.05, 0) is 34.3 Å². The van der Waals surface area contributed by atoms with Crippen LogP contribution in [-0.2, 0) is 5.41 Å². The van der Waals surface area contributed by atoms with Crippen molar-refractivity contribution in [3.05, 3.63) is 56.5 Å². The van der Waals surface area contributed by atoms with Crippen LogP contribution in [-0.4, -0.2) is 15.1 Å². The van der Waals surface area contributed by atoms with E-state index in [1.807, 2.05) is 18.2 Å². The number of aromatic hydroxyl groups is 1. The number of H-pyrrole nitrogens is 1. The van der Waals surface area contributed by atoms with Gasteiger partial charge in [0.15, 0.2) is 0 Å². The van der Waals surface area contributed by atoms with Gasteiger partial charge in [-0.2, -0.15) is 4.98 Å². The van der Waals surface area contributed by atoms with Crippen molar-refractivity contribution in [2.75, 3.05) is 0 Å². The summed E-state index contributed by atoms with van der Waals surface area (Å²) in [5.74, 6) is 0.317. The monoisotopic (exact) mass is 334 g/mol. The van der Waals surface area contributed by atoms with Gasteiger partial charge in [-0.3, -0.25) is 4.79 Å². The SMILES string of the molecule is O=c1[nH]c(C2(c3ccccc3)CCCC2)nc(O)c1Br. The summed E-state index contributed by atoms with van der Waals surface area (Å²) < 4.78 is 0.0856. The maximum absolute atomic E-state index is 11.9. The van der Waals surface area contributed by atoms with Gasteiger partial charge in [0.1, 0.15) is 10.3 Å². The molecule has 0 radical (unpaired) electrons. The van der Waals surface area contributed by atoms with Gasteiger partial charge in [-0.15, -0.1) is 0 Å². The van der Waals surface area contributed by atoms with Crippen LogP contribution in [0.25, 0.3) is 0 Å². The largest absolute Gasteiger partial charge is 0.492 e. The third-order valence-corrected chi connectivity index (χ3v) is 4.80. The molecule has 20 heavy (non-hydrogen) atoms. The third kappa shape index (κ3) is 2.06. The average Bonchev–Trinajstić information content (AvgIpc) is 2.96. The minimum Gasteiger partial charge on any atom is -0.492 e. The topological polar surface area (TPSA) is 66.0 Å². The standard InChI is InChI=1S/C15H15BrN2O2/c16-11-12(19)17-14(18-13(11)20)15(8-4-5-9-15)10-6-2-1-3-7-10/h1-3,6-7H,4-5,8-9H2,(H2,17,18,19,20). The van der Waals surface area contributed by atoms with Gasteiger partial charge in [0.2, 0.25) is 5.88 Å². The summed E-state index contributed by atoms with van der Waals surface area (Å²) in [5.41, 5.74) is 0.510. The molecule has 0 unspecified atom stereocenters. The molecule has 104 valence electrons. The second-order valence-corrected chi connectivity index (χ2v) is 6.00. The Hall–Kier alpha value is -1.62. The molecule has 1 fully saturated rings. The van der Waals surface area contributed by atoms with Crippen molar-refractivity contribution in [3.8, 4) is 5.88 Å². The Morgan fingerprint density at radius 2 is 1.85 bits per heavy atom. The van der Waals surface area contributed by atoms with Gasteiger partial charge >= 0.3 is 0 Å². The zero-order valence-electron chi connectivity index (χ0n) is 10.9. The first-order valence-electron chi connectivity index (χ1n) is 6.68. The van der Waals surface area contributed by atoms with Crippen molar-refractivity contribution in [1.82, 2.24) is 9.97 Å². The number of aromatic amines is 1. The van der Waals surface area contributed by atoms with E-state index in [1.165, 1.54) is 0 Å². The highest BCUT2D eigenvalue weighted by Gasteiger charge is 2.40. The minimum atomic E-state index is -0.338. The first-order valence-corrected chi connectivity index (χ1v) is 7.47. The second kappa shape index (κ2) is 5.05. The van der Waals surface area contributed by atoms with Crippen LogP contribution in [0.3, 0.4) is 0 Å². The summed E-state index contributed by atoms with van der Waals surface area (Å²) in [6.45, 7) is 0. The van der Waals surface area contributed by atoms with Crippen molar-refractivity contribution in [1.29, 1.82) is 0 Å². The molecule has 1 aromatic carbocycles. The molecule has 0 bridgehead atoms. The molecule has 4 nitrogen and oxygen atoms in total. The second-order valence-electron chi connectivity index (χ2n) is 5.21. The molecule has 5 heteroatoms. The molecule has 1 heterocycles. The molecule has 0 amide bonds. The maximum Gasteiger partial charge on any atom is 0.269 e.